The Morgan fingerprint density at radius 3 is 2.57 bits per heavy atom. The Hall–Kier alpha value is -2.50. The molecular formula is C22H21F3O3. The number of halogens is 3. The van der Waals surface area contributed by atoms with Gasteiger partial charge >= 0.3 is 12.1 Å². The van der Waals surface area contributed by atoms with Gasteiger partial charge in [0.05, 0.1) is 18.1 Å². The maximum Gasteiger partial charge on any atom is 0.416 e. The molecule has 0 bridgehead atoms. The van der Waals surface area contributed by atoms with Crippen LogP contribution >= 0.6 is 0 Å². The first kappa shape index (κ1) is 18.8. The van der Waals surface area contributed by atoms with Crippen LogP contribution in [0.5, 0.6) is 5.75 Å². The summed E-state index contributed by atoms with van der Waals surface area (Å²) in [6, 6.07) is 11.5. The quantitative estimate of drug-likeness (QED) is 0.638. The van der Waals surface area contributed by atoms with E-state index < -0.39 is 11.7 Å². The van der Waals surface area contributed by atoms with Crippen LogP contribution in [0.4, 0.5) is 13.2 Å². The fourth-order valence-corrected chi connectivity index (χ4v) is 3.91. The molecule has 0 heterocycles. The largest absolute Gasteiger partial charge is 0.486 e. The lowest BCUT2D eigenvalue weighted by Crippen LogP contribution is -2.07. The molecule has 2 aliphatic rings. The molecule has 0 N–H and O–H groups in total. The minimum Gasteiger partial charge on any atom is -0.486 e. The Labute approximate surface area is 161 Å². The van der Waals surface area contributed by atoms with Crippen molar-refractivity contribution in [3.63, 3.8) is 0 Å². The molecule has 0 spiro atoms. The van der Waals surface area contributed by atoms with Crippen molar-refractivity contribution in [2.24, 2.45) is 5.92 Å². The summed E-state index contributed by atoms with van der Waals surface area (Å²) >= 11 is 0. The van der Waals surface area contributed by atoms with Crippen molar-refractivity contribution >= 4 is 5.97 Å². The first-order valence-electron chi connectivity index (χ1n) is 9.50. The minimum absolute atomic E-state index is 0.0590. The predicted molar refractivity (Wildman–Crippen MR) is 97.1 cm³/mol. The second kappa shape index (κ2) is 7.15. The zero-order valence-corrected chi connectivity index (χ0v) is 15.5. The van der Waals surface area contributed by atoms with E-state index in [-0.39, 0.29) is 23.9 Å². The van der Waals surface area contributed by atoms with Crippen LogP contribution in [0.15, 0.2) is 42.5 Å². The summed E-state index contributed by atoms with van der Waals surface area (Å²) in [4.78, 5) is 11.8. The summed E-state index contributed by atoms with van der Waals surface area (Å²) in [6.07, 6.45) is -2.53. The third-order valence-corrected chi connectivity index (χ3v) is 5.46. The second-order valence-corrected chi connectivity index (χ2v) is 7.33. The van der Waals surface area contributed by atoms with Crippen molar-refractivity contribution in [3.8, 4) is 5.75 Å². The molecular weight excluding hydrogens is 369 g/mol. The van der Waals surface area contributed by atoms with Gasteiger partial charge < -0.3 is 9.47 Å². The second-order valence-electron chi connectivity index (χ2n) is 7.33. The van der Waals surface area contributed by atoms with E-state index in [1.54, 1.807) is 6.92 Å². The monoisotopic (exact) mass is 390 g/mol. The van der Waals surface area contributed by atoms with Crippen LogP contribution in [0.1, 0.15) is 54.0 Å². The number of hydrogen-bond acceptors (Lipinski definition) is 3. The van der Waals surface area contributed by atoms with Crippen molar-refractivity contribution in [1.29, 1.82) is 0 Å². The van der Waals surface area contributed by atoms with Crippen LogP contribution in [-0.2, 0) is 22.1 Å². The van der Waals surface area contributed by atoms with Crippen molar-refractivity contribution in [2.45, 2.75) is 44.4 Å². The van der Waals surface area contributed by atoms with E-state index in [9.17, 15) is 18.0 Å². The fourth-order valence-electron chi connectivity index (χ4n) is 3.91. The van der Waals surface area contributed by atoms with Gasteiger partial charge in [0.25, 0.3) is 0 Å². The molecule has 1 saturated carbocycles. The van der Waals surface area contributed by atoms with E-state index >= 15 is 0 Å². The molecule has 0 saturated heterocycles. The summed E-state index contributed by atoms with van der Waals surface area (Å²) in [7, 11) is 0. The molecule has 148 valence electrons. The Kier molecular flexibility index (Phi) is 4.81. The Balaban J connectivity index is 1.41. The Morgan fingerprint density at radius 2 is 1.89 bits per heavy atom. The van der Waals surface area contributed by atoms with Crippen LogP contribution in [-0.4, -0.2) is 12.6 Å². The predicted octanol–water partition coefficient (Wildman–Crippen LogP) is 5.44. The highest BCUT2D eigenvalue weighted by molar-refractivity contribution is 5.77. The number of carbonyl (C=O) groups is 1. The summed E-state index contributed by atoms with van der Waals surface area (Å²) in [5, 5.41) is 0. The minimum atomic E-state index is -4.33. The number of carbonyl (C=O) groups excluding carboxylic acids is 1. The molecule has 3 nitrogen and oxygen atoms in total. The molecule has 0 aliphatic heterocycles. The first-order valence-corrected chi connectivity index (χ1v) is 9.50. The highest BCUT2D eigenvalue weighted by Crippen LogP contribution is 2.48. The maximum absolute atomic E-state index is 12.9. The van der Waals surface area contributed by atoms with Crippen LogP contribution in [0.2, 0.25) is 0 Å². The smallest absolute Gasteiger partial charge is 0.416 e. The number of fused-ring (bicyclic) bond motifs is 1. The molecule has 0 amide bonds. The summed E-state index contributed by atoms with van der Waals surface area (Å²) in [6.45, 7) is 2.19. The number of aryl methyl sites for hydroxylation is 1. The standard InChI is InChI=1S/C22H21F3O3/c1-2-27-21(26)19-12-18(19)13-3-7-16(8-4-13)28-20-10-5-14-11-15(22(23,24)25)6-9-17(14)20/h3-4,6-9,11,18-20H,2,5,10,12H2,1H3/t18-,19+,20+/m0/s1. The SMILES string of the molecule is CCOC(=O)[C@@H]1C[C@H]1c1ccc(O[C@@H]2CCc3cc(C(F)(F)F)ccc32)cc1. The lowest BCUT2D eigenvalue weighted by Gasteiger charge is -2.16. The van der Waals surface area contributed by atoms with E-state index in [1.165, 1.54) is 12.1 Å². The molecule has 0 radical (unpaired) electrons. The topological polar surface area (TPSA) is 35.5 Å². The van der Waals surface area contributed by atoms with Gasteiger partial charge in [-0.2, -0.15) is 13.2 Å². The van der Waals surface area contributed by atoms with Crippen molar-refractivity contribution in [1.82, 2.24) is 0 Å². The van der Waals surface area contributed by atoms with E-state index in [0.29, 0.717) is 30.8 Å². The number of esters is 1. The van der Waals surface area contributed by atoms with Gasteiger partial charge in [0, 0.05) is 0 Å². The molecule has 4 rings (SSSR count). The van der Waals surface area contributed by atoms with Gasteiger partial charge in [0.1, 0.15) is 11.9 Å². The highest BCUT2D eigenvalue weighted by atomic mass is 19.4. The van der Waals surface area contributed by atoms with E-state index in [1.807, 2.05) is 24.3 Å². The Bertz CT molecular complexity index is 874. The van der Waals surface area contributed by atoms with Gasteiger partial charge in [0.15, 0.2) is 0 Å². The molecule has 6 heteroatoms. The molecule has 28 heavy (non-hydrogen) atoms. The van der Waals surface area contributed by atoms with Crippen LogP contribution in [0, 0.1) is 5.92 Å². The molecule has 2 aromatic carbocycles. The zero-order chi connectivity index (χ0) is 19.9. The number of hydrogen-bond donors (Lipinski definition) is 0. The Morgan fingerprint density at radius 1 is 1.14 bits per heavy atom. The highest BCUT2D eigenvalue weighted by Gasteiger charge is 2.45. The molecule has 3 atom stereocenters. The zero-order valence-electron chi connectivity index (χ0n) is 15.5. The van der Waals surface area contributed by atoms with E-state index in [0.717, 1.165) is 23.6 Å². The molecule has 2 aliphatic carbocycles. The number of benzene rings is 2. The summed E-state index contributed by atoms with van der Waals surface area (Å²) in [5.41, 5.74) is 1.98. The van der Waals surface area contributed by atoms with Gasteiger partial charge in [-0.15, -0.1) is 0 Å². The lowest BCUT2D eigenvalue weighted by atomic mass is 10.1. The van der Waals surface area contributed by atoms with Gasteiger partial charge in [-0.3, -0.25) is 4.79 Å². The first-order chi connectivity index (χ1) is 13.4. The maximum atomic E-state index is 12.9. The fraction of sp³-hybridized carbons (Fsp3) is 0.409. The summed E-state index contributed by atoms with van der Waals surface area (Å²) in [5.74, 6) is 0.667. The van der Waals surface area contributed by atoms with Gasteiger partial charge in [-0.05, 0) is 73.1 Å². The van der Waals surface area contributed by atoms with Crippen molar-refractivity contribution in [2.75, 3.05) is 6.61 Å². The third kappa shape index (κ3) is 3.73. The normalized spacial score (nSPS) is 23.2. The molecule has 2 aromatic rings. The number of ether oxygens (including phenoxy) is 2. The third-order valence-electron chi connectivity index (χ3n) is 5.46. The average Bonchev–Trinajstić information content (AvgIpc) is 3.37. The number of rotatable bonds is 5. The van der Waals surface area contributed by atoms with Crippen LogP contribution in [0.25, 0.3) is 0 Å². The number of alkyl halides is 3. The summed E-state index contributed by atoms with van der Waals surface area (Å²) < 4.78 is 49.7. The van der Waals surface area contributed by atoms with Crippen LogP contribution in [0.3, 0.4) is 0 Å². The molecule has 0 unspecified atom stereocenters. The van der Waals surface area contributed by atoms with E-state index in [4.69, 9.17) is 9.47 Å². The van der Waals surface area contributed by atoms with Gasteiger partial charge in [-0.1, -0.05) is 18.2 Å². The lowest BCUT2D eigenvalue weighted by molar-refractivity contribution is -0.144. The van der Waals surface area contributed by atoms with Gasteiger partial charge in [0.2, 0.25) is 0 Å². The molecule has 1 fully saturated rings. The average molecular weight is 390 g/mol. The van der Waals surface area contributed by atoms with E-state index in [2.05, 4.69) is 0 Å². The van der Waals surface area contributed by atoms with Crippen LogP contribution < -0.4 is 4.74 Å². The van der Waals surface area contributed by atoms with Crippen molar-refractivity contribution in [3.05, 3.63) is 64.7 Å². The van der Waals surface area contributed by atoms with Crippen molar-refractivity contribution < 1.29 is 27.4 Å². The van der Waals surface area contributed by atoms with Gasteiger partial charge in [-0.25, -0.2) is 0 Å². The molecule has 0 aromatic heterocycles.